The minimum Gasteiger partial charge on any atom is -0.357 e. The largest absolute Gasteiger partial charge is 0.357 e. The molecule has 32 heavy (non-hydrogen) atoms. The molecule has 2 aromatic carbocycles. The van der Waals surface area contributed by atoms with Crippen LogP contribution in [0, 0.1) is 13.8 Å². The van der Waals surface area contributed by atoms with Gasteiger partial charge in [0.05, 0.1) is 11.9 Å². The van der Waals surface area contributed by atoms with Gasteiger partial charge in [-0.05, 0) is 43.5 Å². The number of hydrogen-bond donors (Lipinski definition) is 1. The van der Waals surface area contributed by atoms with Crippen LogP contribution in [-0.4, -0.2) is 51.0 Å². The maximum absolute atomic E-state index is 13.5. The summed E-state index contributed by atoms with van der Waals surface area (Å²) in [5.74, 6) is -0.787. The van der Waals surface area contributed by atoms with Gasteiger partial charge in [0.1, 0.15) is 12.6 Å². The van der Waals surface area contributed by atoms with Crippen molar-refractivity contribution in [1.29, 1.82) is 0 Å². The average Bonchev–Trinajstić information content (AvgIpc) is 2.73. The summed E-state index contributed by atoms with van der Waals surface area (Å²) in [4.78, 5) is 27.5. The lowest BCUT2D eigenvalue weighted by molar-refractivity contribution is -0.140. The molecule has 2 amide bonds. The number of halogens is 1. The zero-order valence-corrected chi connectivity index (χ0v) is 20.6. The summed E-state index contributed by atoms with van der Waals surface area (Å²) < 4.78 is 26.3. The Balaban J connectivity index is 2.48. The third kappa shape index (κ3) is 6.23. The Bertz CT molecular complexity index is 1090. The van der Waals surface area contributed by atoms with E-state index in [0.29, 0.717) is 22.7 Å². The summed E-state index contributed by atoms with van der Waals surface area (Å²) in [7, 11) is -2.28. The van der Waals surface area contributed by atoms with E-state index in [0.717, 1.165) is 21.7 Å². The van der Waals surface area contributed by atoms with Gasteiger partial charge in [-0.25, -0.2) is 8.42 Å². The normalized spacial score (nSPS) is 12.2. The molecule has 7 nitrogen and oxygen atoms in total. The minimum absolute atomic E-state index is 0.179. The molecule has 0 radical (unpaired) electrons. The van der Waals surface area contributed by atoms with Crippen LogP contribution < -0.4 is 9.62 Å². The summed E-state index contributed by atoms with van der Waals surface area (Å²) in [6.45, 7) is 5.19. The highest BCUT2D eigenvalue weighted by Crippen LogP contribution is 2.28. The molecule has 9 heteroatoms. The van der Waals surface area contributed by atoms with Gasteiger partial charge in [-0.15, -0.1) is 0 Å². The molecular formula is C23H30ClN3O4S. The van der Waals surface area contributed by atoms with Crippen molar-refractivity contribution in [2.45, 2.75) is 39.8 Å². The summed E-state index contributed by atoms with van der Waals surface area (Å²) >= 11 is 6.19. The Morgan fingerprint density at radius 3 is 2.34 bits per heavy atom. The van der Waals surface area contributed by atoms with E-state index in [-0.39, 0.29) is 12.5 Å². The molecule has 0 aliphatic rings. The molecule has 0 aromatic heterocycles. The van der Waals surface area contributed by atoms with Gasteiger partial charge in [-0.1, -0.05) is 54.4 Å². The maximum atomic E-state index is 13.5. The number of nitrogens with zero attached hydrogens (tertiary/aromatic N) is 2. The molecule has 0 spiro atoms. The van der Waals surface area contributed by atoms with Crippen molar-refractivity contribution in [3.8, 4) is 0 Å². The van der Waals surface area contributed by atoms with Gasteiger partial charge in [0, 0.05) is 18.6 Å². The van der Waals surface area contributed by atoms with E-state index in [9.17, 15) is 18.0 Å². The SMILES string of the molecule is CC[C@H](C(=O)NC)N(Cc1cccc(C)c1)C(=O)CN(c1cccc(Cl)c1C)S(C)(=O)=O. The highest BCUT2D eigenvalue weighted by molar-refractivity contribution is 7.92. The molecule has 1 N–H and O–H groups in total. The van der Waals surface area contributed by atoms with E-state index >= 15 is 0 Å². The fraction of sp³-hybridized carbons (Fsp3) is 0.391. The fourth-order valence-electron chi connectivity index (χ4n) is 3.55. The first-order valence-corrected chi connectivity index (χ1v) is 12.5. The zero-order chi connectivity index (χ0) is 24.1. The molecular weight excluding hydrogens is 450 g/mol. The summed E-state index contributed by atoms with van der Waals surface area (Å²) in [6.07, 6.45) is 1.42. The lowest BCUT2D eigenvalue weighted by Crippen LogP contribution is -2.51. The monoisotopic (exact) mass is 479 g/mol. The van der Waals surface area contributed by atoms with Crippen LogP contribution in [0.3, 0.4) is 0 Å². The number of rotatable bonds is 9. The van der Waals surface area contributed by atoms with Crippen LogP contribution in [0.1, 0.15) is 30.0 Å². The molecule has 2 aromatic rings. The average molecular weight is 480 g/mol. The van der Waals surface area contributed by atoms with Gasteiger partial charge in [0.2, 0.25) is 21.8 Å². The molecule has 0 unspecified atom stereocenters. The van der Waals surface area contributed by atoms with Gasteiger partial charge in [0.25, 0.3) is 0 Å². The molecule has 0 saturated carbocycles. The minimum atomic E-state index is -3.80. The van der Waals surface area contributed by atoms with Crippen LogP contribution in [0.5, 0.6) is 0 Å². The fourth-order valence-corrected chi connectivity index (χ4v) is 4.62. The first kappa shape index (κ1) is 25.7. The first-order chi connectivity index (χ1) is 15.0. The highest BCUT2D eigenvalue weighted by atomic mass is 35.5. The van der Waals surface area contributed by atoms with Gasteiger partial charge in [0.15, 0.2) is 0 Å². The highest BCUT2D eigenvalue weighted by Gasteiger charge is 2.31. The van der Waals surface area contributed by atoms with E-state index in [2.05, 4.69) is 5.32 Å². The van der Waals surface area contributed by atoms with Gasteiger partial charge >= 0.3 is 0 Å². The molecule has 0 aliphatic heterocycles. The number of nitrogens with one attached hydrogen (secondary N) is 1. The standard InChI is InChI=1S/C23H30ClN3O4S/c1-6-20(23(29)25-4)26(14-18-10-7-9-16(2)13-18)22(28)15-27(32(5,30)31)21-12-8-11-19(24)17(21)3/h7-13,20H,6,14-15H2,1-5H3,(H,25,29)/t20-/m1/s1. The van der Waals surface area contributed by atoms with E-state index in [1.54, 1.807) is 25.1 Å². The quantitative estimate of drug-likeness (QED) is 0.598. The van der Waals surface area contributed by atoms with Gasteiger partial charge in [-0.2, -0.15) is 0 Å². The van der Waals surface area contributed by atoms with Crippen LogP contribution in [0.4, 0.5) is 5.69 Å². The van der Waals surface area contributed by atoms with Crippen LogP contribution in [0.2, 0.25) is 5.02 Å². The second-order valence-corrected chi connectivity index (χ2v) is 10.0. The van der Waals surface area contributed by atoms with E-state index in [1.165, 1.54) is 11.9 Å². The van der Waals surface area contributed by atoms with Gasteiger partial charge < -0.3 is 10.2 Å². The molecule has 0 saturated heterocycles. The van der Waals surface area contributed by atoms with Crippen molar-refractivity contribution < 1.29 is 18.0 Å². The number of carbonyl (C=O) groups is 2. The molecule has 174 valence electrons. The van der Waals surface area contributed by atoms with E-state index < -0.39 is 28.5 Å². The van der Waals surface area contributed by atoms with Crippen LogP contribution in [0.15, 0.2) is 42.5 Å². The third-order valence-corrected chi connectivity index (χ3v) is 6.79. The number of carbonyl (C=O) groups excluding carboxylic acids is 2. The predicted octanol–water partition coefficient (Wildman–Crippen LogP) is 3.28. The topological polar surface area (TPSA) is 86.8 Å². The molecule has 2 rings (SSSR count). The summed E-state index contributed by atoms with van der Waals surface area (Å²) in [5.41, 5.74) is 2.76. The number of likely N-dealkylation sites (N-methyl/N-ethyl adjacent to an activating group) is 1. The van der Waals surface area contributed by atoms with Crippen molar-refractivity contribution >= 4 is 39.1 Å². The summed E-state index contributed by atoms with van der Waals surface area (Å²) in [6, 6.07) is 11.8. The Morgan fingerprint density at radius 1 is 1.12 bits per heavy atom. The smallest absolute Gasteiger partial charge is 0.244 e. The van der Waals surface area contributed by atoms with Gasteiger partial charge in [-0.3, -0.25) is 13.9 Å². The van der Waals surface area contributed by atoms with Crippen LogP contribution in [-0.2, 0) is 26.2 Å². The lowest BCUT2D eigenvalue weighted by atomic mass is 10.1. The number of sulfonamides is 1. The zero-order valence-electron chi connectivity index (χ0n) is 19.1. The number of hydrogen-bond acceptors (Lipinski definition) is 4. The van der Waals surface area contributed by atoms with E-state index in [1.807, 2.05) is 38.1 Å². The van der Waals surface area contributed by atoms with Crippen molar-refractivity contribution in [3.63, 3.8) is 0 Å². The van der Waals surface area contributed by atoms with Crippen molar-refractivity contribution in [2.24, 2.45) is 0 Å². The molecule has 0 bridgehead atoms. The van der Waals surface area contributed by atoms with Crippen molar-refractivity contribution in [1.82, 2.24) is 10.2 Å². The first-order valence-electron chi connectivity index (χ1n) is 10.3. The van der Waals surface area contributed by atoms with Crippen LogP contribution >= 0.6 is 11.6 Å². The Hall–Kier alpha value is -2.58. The van der Waals surface area contributed by atoms with Crippen molar-refractivity contribution in [3.05, 3.63) is 64.2 Å². The Labute approximate surface area is 195 Å². The third-order valence-electron chi connectivity index (χ3n) is 5.25. The molecule has 0 aliphatic carbocycles. The molecule has 0 fully saturated rings. The number of amides is 2. The lowest BCUT2D eigenvalue weighted by Gasteiger charge is -2.33. The maximum Gasteiger partial charge on any atom is 0.244 e. The summed E-state index contributed by atoms with van der Waals surface area (Å²) in [5, 5.41) is 3.00. The Kier molecular flexibility index (Phi) is 8.69. The number of anilines is 1. The van der Waals surface area contributed by atoms with Crippen LogP contribution in [0.25, 0.3) is 0 Å². The van der Waals surface area contributed by atoms with E-state index in [4.69, 9.17) is 11.6 Å². The number of benzene rings is 2. The van der Waals surface area contributed by atoms with Crippen molar-refractivity contribution in [2.75, 3.05) is 24.2 Å². The second kappa shape index (κ2) is 10.8. The molecule has 1 atom stereocenters. The predicted molar refractivity (Wildman–Crippen MR) is 128 cm³/mol. The number of aryl methyl sites for hydroxylation is 1. The molecule has 0 heterocycles. The Morgan fingerprint density at radius 2 is 1.78 bits per heavy atom. The second-order valence-electron chi connectivity index (χ2n) is 7.70.